The number of rotatable bonds is 4. The Morgan fingerprint density at radius 2 is 2.32 bits per heavy atom. The van der Waals surface area contributed by atoms with Gasteiger partial charge in [-0.3, -0.25) is 4.79 Å². The molecule has 0 radical (unpaired) electrons. The minimum absolute atomic E-state index is 0.118. The molecule has 104 valence electrons. The second kappa shape index (κ2) is 6.43. The van der Waals surface area contributed by atoms with Crippen molar-refractivity contribution < 1.29 is 9.53 Å². The summed E-state index contributed by atoms with van der Waals surface area (Å²) in [4.78, 5) is 11.8. The number of amides is 1. The van der Waals surface area contributed by atoms with Crippen LogP contribution in [0.4, 0.5) is 11.4 Å². The zero-order valence-electron chi connectivity index (χ0n) is 11.2. The van der Waals surface area contributed by atoms with Gasteiger partial charge in [0, 0.05) is 31.6 Å². The highest BCUT2D eigenvalue weighted by Gasteiger charge is 2.15. The van der Waals surface area contributed by atoms with Gasteiger partial charge in [-0.15, -0.1) is 0 Å². The van der Waals surface area contributed by atoms with Crippen molar-refractivity contribution in [3.63, 3.8) is 0 Å². The van der Waals surface area contributed by atoms with E-state index in [9.17, 15) is 4.79 Å². The number of nitrogens with one attached hydrogen (secondary N) is 2. The van der Waals surface area contributed by atoms with E-state index in [1.165, 1.54) is 6.42 Å². The van der Waals surface area contributed by atoms with E-state index < -0.39 is 0 Å². The molecule has 0 spiro atoms. The minimum atomic E-state index is -0.118. The van der Waals surface area contributed by atoms with Crippen molar-refractivity contribution >= 4 is 17.3 Å². The Labute approximate surface area is 113 Å². The lowest BCUT2D eigenvalue weighted by molar-refractivity contribution is 0.0247. The van der Waals surface area contributed by atoms with Crippen LogP contribution >= 0.6 is 0 Å². The summed E-state index contributed by atoms with van der Waals surface area (Å²) in [6.07, 6.45) is 3.61. The lowest BCUT2D eigenvalue weighted by atomic mass is 10.1. The van der Waals surface area contributed by atoms with Crippen LogP contribution in [0.1, 0.15) is 29.6 Å². The van der Waals surface area contributed by atoms with Crippen molar-refractivity contribution in [2.45, 2.75) is 25.4 Å². The molecule has 1 amide bonds. The average Bonchev–Trinajstić information content (AvgIpc) is 2.45. The molecule has 1 aromatic rings. The first-order valence-corrected chi connectivity index (χ1v) is 6.68. The van der Waals surface area contributed by atoms with Gasteiger partial charge in [-0.05, 0) is 37.5 Å². The number of benzene rings is 1. The van der Waals surface area contributed by atoms with Crippen LogP contribution in [0.2, 0.25) is 0 Å². The van der Waals surface area contributed by atoms with E-state index in [-0.39, 0.29) is 12.0 Å². The Balaban J connectivity index is 2.05. The van der Waals surface area contributed by atoms with E-state index in [0.717, 1.165) is 25.1 Å². The highest BCUT2D eigenvalue weighted by Crippen LogP contribution is 2.20. The van der Waals surface area contributed by atoms with E-state index in [1.54, 1.807) is 25.2 Å². The molecule has 1 saturated heterocycles. The van der Waals surface area contributed by atoms with E-state index in [2.05, 4.69) is 10.6 Å². The number of hydrogen-bond donors (Lipinski definition) is 3. The van der Waals surface area contributed by atoms with Crippen LogP contribution in [0.15, 0.2) is 18.2 Å². The fourth-order valence-corrected chi connectivity index (χ4v) is 2.23. The Morgan fingerprint density at radius 1 is 1.47 bits per heavy atom. The van der Waals surface area contributed by atoms with Crippen molar-refractivity contribution in [3.8, 4) is 0 Å². The summed E-state index contributed by atoms with van der Waals surface area (Å²) in [5.74, 6) is -0.118. The third-order valence-electron chi connectivity index (χ3n) is 3.31. The van der Waals surface area contributed by atoms with Crippen LogP contribution < -0.4 is 16.4 Å². The number of nitrogens with two attached hydrogens (primary N) is 1. The molecule has 1 fully saturated rings. The average molecular weight is 263 g/mol. The molecule has 1 atom stereocenters. The molecule has 1 aliphatic heterocycles. The normalized spacial score (nSPS) is 18.9. The predicted molar refractivity (Wildman–Crippen MR) is 76.3 cm³/mol. The molecule has 0 aliphatic carbocycles. The molecule has 5 nitrogen and oxygen atoms in total. The summed E-state index contributed by atoms with van der Waals surface area (Å²) in [7, 11) is 1.62. The third-order valence-corrected chi connectivity index (χ3v) is 3.31. The van der Waals surface area contributed by atoms with E-state index in [1.807, 2.05) is 0 Å². The fraction of sp³-hybridized carbons (Fsp3) is 0.500. The van der Waals surface area contributed by atoms with Crippen LogP contribution in [0.3, 0.4) is 0 Å². The summed E-state index contributed by atoms with van der Waals surface area (Å²) in [6, 6.07) is 5.25. The molecule has 4 N–H and O–H groups in total. The van der Waals surface area contributed by atoms with Gasteiger partial charge in [0.15, 0.2) is 0 Å². The molecule has 2 rings (SSSR count). The molecular weight excluding hydrogens is 242 g/mol. The molecule has 1 heterocycles. The Bertz CT molecular complexity index is 442. The van der Waals surface area contributed by atoms with Crippen molar-refractivity contribution in [1.29, 1.82) is 0 Å². The molecular formula is C14H21N3O2. The van der Waals surface area contributed by atoms with Crippen LogP contribution in [-0.2, 0) is 4.74 Å². The first kappa shape index (κ1) is 13.7. The maximum atomic E-state index is 11.8. The molecule has 0 bridgehead atoms. The zero-order chi connectivity index (χ0) is 13.7. The Morgan fingerprint density at radius 3 is 3.00 bits per heavy atom. The van der Waals surface area contributed by atoms with Crippen molar-refractivity contribution in [2.75, 3.05) is 31.2 Å². The summed E-state index contributed by atoms with van der Waals surface area (Å²) in [5.41, 5.74) is 7.78. The van der Waals surface area contributed by atoms with E-state index in [4.69, 9.17) is 10.5 Å². The summed E-state index contributed by atoms with van der Waals surface area (Å²) >= 11 is 0. The van der Waals surface area contributed by atoms with Gasteiger partial charge < -0.3 is 21.1 Å². The molecule has 1 unspecified atom stereocenters. The molecule has 19 heavy (non-hydrogen) atoms. The van der Waals surface area contributed by atoms with Crippen LogP contribution in [0, 0.1) is 0 Å². The van der Waals surface area contributed by atoms with Crippen molar-refractivity contribution in [2.24, 2.45) is 0 Å². The van der Waals surface area contributed by atoms with Crippen LogP contribution in [0.25, 0.3) is 0 Å². The highest BCUT2D eigenvalue weighted by molar-refractivity contribution is 6.00. The standard InChI is InChI=1S/C14H21N3O2/c1-16-14(18)12-6-5-10(15)8-13(12)17-9-11-4-2-3-7-19-11/h5-6,8,11,17H,2-4,7,9,15H2,1H3,(H,16,18). The van der Waals surface area contributed by atoms with Crippen molar-refractivity contribution in [1.82, 2.24) is 5.32 Å². The fourth-order valence-electron chi connectivity index (χ4n) is 2.23. The first-order chi connectivity index (χ1) is 9.20. The number of carbonyl (C=O) groups excluding carboxylic acids is 1. The predicted octanol–water partition coefficient (Wildman–Crippen LogP) is 1.61. The van der Waals surface area contributed by atoms with Gasteiger partial charge in [0.1, 0.15) is 0 Å². The van der Waals surface area contributed by atoms with E-state index >= 15 is 0 Å². The Hall–Kier alpha value is -1.75. The van der Waals surface area contributed by atoms with Gasteiger partial charge in [0.25, 0.3) is 5.91 Å². The summed E-state index contributed by atoms with van der Waals surface area (Å²) in [6.45, 7) is 1.53. The molecule has 0 aromatic heterocycles. The SMILES string of the molecule is CNC(=O)c1ccc(N)cc1NCC1CCCCO1. The second-order valence-corrected chi connectivity index (χ2v) is 4.75. The monoisotopic (exact) mass is 263 g/mol. The van der Waals surface area contributed by atoms with Gasteiger partial charge in [0.05, 0.1) is 11.7 Å². The van der Waals surface area contributed by atoms with Crippen LogP contribution in [-0.4, -0.2) is 32.2 Å². The van der Waals surface area contributed by atoms with Crippen molar-refractivity contribution in [3.05, 3.63) is 23.8 Å². The first-order valence-electron chi connectivity index (χ1n) is 6.68. The zero-order valence-corrected chi connectivity index (χ0v) is 11.2. The Kier molecular flexibility index (Phi) is 4.63. The lowest BCUT2D eigenvalue weighted by Gasteiger charge is -2.23. The van der Waals surface area contributed by atoms with E-state index in [0.29, 0.717) is 17.8 Å². The quantitative estimate of drug-likeness (QED) is 0.721. The minimum Gasteiger partial charge on any atom is -0.399 e. The van der Waals surface area contributed by atoms with Gasteiger partial charge >= 0.3 is 0 Å². The number of anilines is 2. The number of nitrogen functional groups attached to an aromatic ring is 1. The molecule has 1 aromatic carbocycles. The number of hydrogen-bond acceptors (Lipinski definition) is 4. The molecule has 0 saturated carbocycles. The van der Waals surface area contributed by atoms with Gasteiger partial charge in [-0.2, -0.15) is 0 Å². The van der Waals surface area contributed by atoms with Gasteiger partial charge in [-0.1, -0.05) is 0 Å². The maximum Gasteiger partial charge on any atom is 0.253 e. The van der Waals surface area contributed by atoms with Gasteiger partial charge in [0.2, 0.25) is 0 Å². The maximum absolute atomic E-state index is 11.8. The largest absolute Gasteiger partial charge is 0.399 e. The lowest BCUT2D eigenvalue weighted by Crippen LogP contribution is -2.28. The van der Waals surface area contributed by atoms with Crippen LogP contribution in [0.5, 0.6) is 0 Å². The number of carbonyl (C=O) groups is 1. The third kappa shape index (κ3) is 3.61. The molecule has 1 aliphatic rings. The highest BCUT2D eigenvalue weighted by atomic mass is 16.5. The summed E-state index contributed by atoms with van der Waals surface area (Å²) < 4.78 is 5.66. The summed E-state index contributed by atoms with van der Waals surface area (Å²) in [5, 5.41) is 5.90. The number of ether oxygens (including phenoxy) is 1. The topological polar surface area (TPSA) is 76.4 Å². The second-order valence-electron chi connectivity index (χ2n) is 4.75. The molecule has 5 heteroatoms. The van der Waals surface area contributed by atoms with Gasteiger partial charge in [-0.25, -0.2) is 0 Å². The smallest absolute Gasteiger partial charge is 0.253 e.